The quantitative estimate of drug-likeness (QED) is 0.509. The number of halogens is 7. The van der Waals surface area contributed by atoms with E-state index in [9.17, 15) is 26.3 Å². The molecule has 23 heavy (non-hydrogen) atoms. The van der Waals surface area contributed by atoms with E-state index >= 15 is 0 Å². The molecule has 0 unspecified atom stereocenters. The van der Waals surface area contributed by atoms with Crippen molar-refractivity contribution < 1.29 is 26.3 Å². The van der Waals surface area contributed by atoms with Gasteiger partial charge in [-0.3, -0.25) is 0 Å². The molecule has 1 nitrogen and oxygen atoms in total. The maximum Gasteiger partial charge on any atom is 0.417 e. The normalized spacial score (nSPS) is 12.5. The molecule has 2 N–H and O–H groups in total. The van der Waals surface area contributed by atoms with Crippen LogP contribution in [-0.2, 0) is 12.4 Å². The molecule has 0 aliphatic carbocycles. The van der Waals surface area contributed by atoms with Crippen molar-refractivity contribution in [3.05, 3.63) is 52.5 Å². The molecule has 0 spiro atoms. The summed E-state index contributed by atoms with van der Waals surface area (Å²) in [5.74, 6) is 0. The molecule has 0 bridgehead atoms. The minimum atomic E-state index is -5.15. The van der Waals surface area contributed by atoms with E-state index in [4.69, 9.17) is 17.3 Å². The highest BCUT2D eigenvalue weighted by molar-refractivity contribution is 7.99. The Labute approximate surface area is 136 Å². The van der Waals surface area contributed by atoms with Crippen molar-refractivity contribution in [3.63, 3.8) is 0 Å². The highest BCUT2D eigenvalue weighted by Gasteiger charge is 2.43. The number of hydrogen-bond acceptors (Lipinski definition) is 2. The van der Waals surface area contributed by atoms with Gasteiger partial charge >= 0.3 is 12.4 Å². The summed E-state index contributed by atoms with van der Waals surface area (Å²) in [5, 5.41) is 0.422. The Morgan fingerprint density at radius 1 is 0.826 bits per heavy atom. The van der Waals surface area contributed by atoms with Crippen molar-refractivity contribution in [3.8, 4) is 0 Å². The Bertz CT molecular complexity index is 709. The number of rotatable bonds is 2. The van der Waals surface area contributed by atoms with E-state index in [0.717, 1.165) is 11.8 Å². The van der Waals surface area contributed by atoms with Gasteiger partial charge < -0.3 is 5.73 Å². The lowest BCUT2D eigenvalue weighted by atomic mass is 10.1. The summed E-state index contributed by atoms with van der Waals surface area (Å²) in [7, 11) is 0. The van der Waals surface area contributed by atoms with E-state index < -0.39 is 23.5 Å². The van der Waals surface area contributed by atoms with Crippen LogP contribution < -0.4 is 5.73 Å². The number of nitrogens with two attached hydrogens (primary N) is 1. The van der Waals surface area contributed by atoms with Crippen LogP contribution in [-0.4, -0.2) is 0 Å². The van der Waals surface area contributed by atoms with Gasteiger partial charge in [-0.05, 0) is 36.4 Å². The molecule has 2 aromatic carbocycles. The Morgan fingerprint density at radius 3 is 1.78 bits per heavy atom. The van der Waals surface area contributed by atoms with Gasteiger partial charge in [-0.15, -0.1) is 0 Å². The number of hydrogen-bond donors (Lipinski definition) is 1. The van der Waals surface area contributed by atoms with E-state index in [2.05, 4.69) is 0 Å². The first kappa shape index (κ1) is 17.8. The Balaban J connectivity index is 2.51. The van der Waals surface area contributed by atoms with Gasteiger partial charge in [-0.25, -0.2) is 0 Å². The van der Waals surface area contributed by atoms with Crippen molar-refractivity contribution in [2.75, 3.05) is 5.73 Å². The minimum Gasteiger partial charge on any atom is -0.398 e. The zero-order valence-electron chi connectivity index (χ0n) is 11.1. The summed E-state index contributed by atoms with van der Waals surface area (Å²) < 4.78 is 77.1. The van der Waals surface area contributed by atoms with Crippen LogP contribution in [0.15, 0.2) is 46.2 Å². The smallest absolute Gasteiger partial charge is 0.398 e. The van der Waals surface area contributed by atoms with Gasteiger partial charge in [-0.2, -0.15) is 26.3 Å². The molecular weight excluding hydrogens is 364 g/mol. The fraction of sp³-hybridized carbons (Fsp3) is 0.143. The van der Waals surface area contributed by atoms with Crippen LogP contribution in [0.2, 0.25) is 5.02 Å². The topological polar surface area (TPSA) is 26.0 Å². The van der Waals surface area contributed by atoms with Gasteiger partial charge in [0.25, 0.3) is 0 Å². The number of anilines is 1. The maximum atomic E-state index is 12.9. The van der Waals surface area contributed by atoms with Crippen LogP contribution in [0, 0.1) is 0 Å². The molecule has 0 fully saturated rings. The summed E-state index contributed by atoms with van der Waals surface area (Å²) in [6.07, 6.45) is -10.3. The molecule has 0 aliphatic heterocycles. The number of nitrogen functional groups attached to an aromatic ring is 1. The third-order valence-corrected chi connectivity index (χ3v) is 4.14. The second kappa shape index (κ2) is 6.16. The fourth-order valence-electron chi connectivity index (χ4n) is 1.78. The SMILES string of the molecule is Nc1cc(C(F)(F)F)c(C(F)(F)F)cc1Sc1ccc(Cl)cc1. The van der Waals surface area contributed by atoms with E-state index in [-0.39, 0.29) is 10.6 Å². The second-order valence-corrected chi connectivity index (χ2v) is 6.04. The number of alkyl halides is 6. The molecule has 0 atom stereocenters. The molecule has 9 heteroatoms. The molecule has 0 aromatic heterocycles. The average molecular weight is 372 g/mol. The number of benzene rings is 2. The average Bonchev–Trinajstić information content (AvgIpc) is 2.40. The third kappa shape index (κ3) is 4.26. The van der Waals surface area contributed by atoms with Gasteiger partial charge in [0.05, 0.1) is 11.1 Å². The lowest BCUT2D eigenvalue weighted by molar-refractivity contribution is -0.162. The van der Waals surface area contributed by atoms with Gasteiger partial charge in [-0.1, -0.05) is 23.4 Å². The summed E-state index contributed by atoms with van der Waals surface area (Å²) in [6, 6.07) is 6.79. The van der Waals surface area contributed by atoms with Crippen LogP contribution in [0.3, 0.4) is 0 Å². The van der Waals surface area contributed by atoms with Crippen LogP contribution in [0.5, 0.6) is 0 Å². The van der Waals surface area contributed by atoms with Crippen molar-refractivity contribution in [1.82, 2.24) is 0 Å². The van der Waals surface area contributed by atoms with Gasteiger partial charge in [0.15, 0.2) is 0 Å². The third-order valence-electron chi connectivity index (χ3n) is 2.80. The predicted molar refractivity (Wildman–Crippen MR) is 76.4 cm³/mol. The summed E-state index contributed by atoms with van der Waals surface area (Å²) in [6.45, 7) is 0. The van der Waals surface area contributed by atoms with Crippen LogP contribution in [0.1, 0.15) is 11.1 Å². The summed E-state index contributed by atoms with van der Waals surface area (Å²) in [4.78, 5) is 0.377. The molecule has 0 amide bonds. The molecule has 0 heterocycles. The summed E-state index contributed by atoms with van der Waals surface area (Å²) in [5.41, 5.74) is 1.54. The van der Waals surface area contributed by atoms with Gasteiger partial charge in [0.1, 0.15) is 0 Å². The monoisotopic (exact) mass is 371 g/mol. The molecule has 2 aromatic rings. The first-order valence-electron chi connectivity index (χ1n) is 6.00. The highest BCUT2D eigenvalue weighted by Crippen LogP contribution is 2.45. The zero-order valence-corrected chi connectivity index (χ0v) is 12.7. The highest BCUT2D eigenvalue weighted by atomic mass is 35.5. The van der Waals surface area contributed by atoms with Crippen molar-refractivity contribution in [2.45, 2.75) is 22.1 Å². The molecule has 0 saturated heterocycles. The molecule has 0 saturated carbocycles. The summed E-state index contributed by atoms with van der Waals surface area (Å²) >= 11 is 6.52. The predicted octanol–water partition coefficient (Wildman–Crippen LogP) is 6.11. The fourth-order valence-corrected chi connectivity index (χ4v) is 2.79. The minimum absolute atomic E-state index is 0.118. The first-order chi connectivity index (χ1) is 10.5. The van der Waals surface area contributed by atoms with Gasteiger partial charge in [0, 0.05) is 20.5 Å². The van der Waals surface area contributed by atoms with E-state index in [1.807, 2.05) is 0 Å². The standard InChI is InChI=1S/C14H8ClF6NS/c15-7-1-3-8(4-2-7)23-12-6-10(14(19,20)21)9(5-11(12)22)13(16,17)18/h1-6H,22H2. The molecule has 0 aliphatic rings. The maximum absolute atomic E-state index is 12.9. The van der Waals surface area contributed by atoms with Crippen molar-refractivity contribution in [2.24, 2.45) is 0 Å². The largest absolute Gasteiger partial charge is 0.417 e. The van der Waals surface area contributed by atoms with Crippen molar-refractivity contribution in [1.29, 1.82) is 0 Å². The first-order valence-corrected chi connectivity index (χ1v) is 7.19. The second-order valence-electron chi connectivity index (χ2n) is 4.49. The Hall–Kier alpha value is -1.54. The van der Waals surface area contributed by atoms with Crippen LogP contribution in [0.4, 0.5) is 32.0 Å². The van der Waals surface area contributed by atoms with Gasteiger partial charge in [0.2, 0.25) is 0 Å². The zero-order chi connectivity index (χ0) is 17.4. The molecule has 2 rings (SSSR count). The molecular formula is C14H8ClF6NS. The molecule has 0 radical (unpaired) electrons. The van der Waals surface area contributed by atoms with Crippen LogP contribution >= 0.6 is 23.4 Å². The van der Waals surface area contributed by atoms with E-state index in [0.29, 0.717) is 22.1 Å². The Morgan fingerprint density at radius 2 is 1.30 bits per heavy atom. The van der Waals surface area contributed by atoms with E-state index in [1.54, 1.807) is 0 Å². The van der Waals surface area contributed by atoms with Crippen molar-refractivity contribution >= 4 is 29.1 Å². The van der Waals surface area contributed by atoms with Crippen LogP contribution in [0.25, 0.3) is 0 Å². The molecule has 124 valence electrons. The lowest BCUT2D eigenvalue weighted by Crippen LogP contribution is -2.17. The Kier molecular flexibility index (Phi) is 4.77. The van der Waals surface area contributed by atoms with E-state index in [1.165, 1.54) is 24.3 Å². The lowest BCUT2D eigenvalue weighted by Gasteiger charge is -2.18.